The van der Waals surface area contributed by atoms with Crippen LogP contribution < -0.4 is 0 Å². The highest BCUT2D eigenvalue weighted by Crippen LogP contribution is 2.22. The first-order chi connectivity index (χ1) is 10.3. The van der Waals surface area contributed by atoms with Gasteiger partial charge < -0.3 is 14.4 Å². The SMILES string of the molecule is CC(C)(C)OC(=O)N1CCCCC1COCc1cnc(Cl)s1. The van der Waals surface area contributed by atoms with Crippen LogP contribution in [0.25, 0.3) is 0 Å². The van der Waals surface area contributed by atoms with Gasteiger partial charge in [-0.3, -0.25) is 0 Å². The van der Waals surface area contributed by atoms with Gasteiger partial charge in [-0.05, 0) is 40.0 Å². The maximum Gasteiger partial charge on any atom is 0.410 e. The van der Waals surface area contributed by atoms with Crippen LogP contribution in [0.2, 0.25) is 4.47 Å². The zero-order valence-corrected chi connectivity index (χ0v) is 14.9. The Labute approximate surface area is 140 Å². The second kappa shape index (κ2) is 7.62. The molecule has 7 heteroatoms. The summed E-state index contributed by atoms with van der Waals surface area (Å²) in [4.78, 5) is 19.1. The van der Waals surface area contributed by atoms with Gasteiger partial charge in [0.05, 0.1) is 24.1 Å². The number of likely N-dealkylation sites (tertiary alicyclic amines) is 1. The van der Waals surface area contributed by atoms with Crippen LogP contribution in [-0.2, 0) is 16.1 Å². The van der Waals surface area contributed by atoms with E-state index in [0.717, 1.165) is 30.7 Å². The second-order valence-corrected chi connectivity index (χ2v) is 8.12. The Kier molecular flexibility index (Phi) is 6.06. The molecule has 0 bridgehead atoms. The highest BCUT2D eigenvalue weighted by atomic mass is 35.5. The molecule has 1 fully saturated rings. The van der Waals surface area contributed by atoms with Crippen LogP contribution in [0, 0.1) is 0 Å². The van der Waals surface area contributed by atoms with Crippen LogP contribution in [-0.4, -0.2) is 40.8 Å². The summed E-state index contributed by atoms with van der Waals surface area (Å²) in [5.74, 6) is 0. The average Bonchev–Trinajstić information content (AvgIpc) is 2.83. The zero-order chi connectivity index (χ0) is 16.2. The van der Waals surface area contributed by atoms with E-state index in [9.17, 15) is 4.79 Å². The Morgan fingerprint density at radius 2 is 2.27 bits per heavy atom. The first-order valence-electron chi connectivity index (χ1n) is 7.53. The number of piperidine rings is 1. The van der Waals surface area contributed by atoms with Gasteiger partial charge in [-0.15, -0.1) is 11.3 Å². The molecule has 0 radical (unpaired) electrons. The van der Waals surface area contributed by atoms with Gasteiger partial charge in [0.2, 0.25) is 0 Å². The summed E-state index contributed by atoms with van der Waals surface area (Å²) in [6, 6.07) is 0.0759. The number of carbonyl (C=O) groups excluding carboxylic acids is 1. The van der Waals surface area contributed by atoms with Gasteiger partial charge in [0.25, 0.3) is 0 Å². The molecule has 2 heterocycles. The first kappa shape index (κ1) is 17.5. The van der Waals surface area contributed by atoms with Crippen molar-refractivity contribution in [2.75, 3.05) is 13.2 Å². The van der Waals surface area contributed by atoms with Crippen molar-refractivity contribution in [2.24, 2.45) is 0 Å². The molecule has 1 atom stereocenters. The highest BCUT2D eigenvalue weighted by molar-refractivity contribution is 7.15. The molecule has 0 N–H and O–H groups in total. The van der Waals surface area contributed by atoms with E-state index in [-0.39, 0.29) is 12.1 Å². The maximum absolute atomic E-state index is 12.3. The molecule has 124 valence electrons. The lowest BCUT2D eigenvalue weighted by molar-refractivity contribution is -0.00972. The van der Waals surface area contributed by atoms with Crippen molar-refractivity contribution in [1.82, 2.24) is 9.88 Å². The van der Waals surface area contributed by atoms with Crippen LogP contribution in [0.1, 0.15) is 44.9 Å². The Morgan fingerprint density at radius 3 is 2.91 bits per heavy atom. The quantitative estimate of drug-likeness (QED) is 0.823. The van der Waals surface area contributed by atoms with E-state index >= 15 is 0 Å². The van der Waals surface area contributed by atoms with Crippen LogP contribution in [0.15, 0.2) is 6.20 Å². The van der Waals surface area contributed by atoms with E-state index in [1.54, 1.807) is 11.1 Å². The number of rotatable bonds is 4. The Bertz CT molecular complexity index is 501. The molecule has 1 aliphatic heterocycles. The normalized spacial score (nSPS) is 19.3. The number of amides is 1. The summed E-state index contributed by atoms with van der Waals surface area (Å²) in [7, 11) is 0. The molecule has 0 aromatic carbocycles. The van der Waals surface area contributed by atoms with Crippen molar-refractivity contribution in [3.63, 3.8) is 0 Å². The predicted molar refractivity (Wildman–Crippen MR) is 87.4 cm³/mol. The average molecular weight is 347 g/mol. The fraction of sp³-hybridized carbons (Fsp3) is 0.733. The van der Waals surface area contributed by atoms with Gasteiger partial charge in [0.1, 0.15) is 5.60 Å². The first-order valence-corrected chi connectivity index (χ1v) is 8.72. The molecule has 0 saturated carbocycles. The molecular weight excluding hydrogens is 324 g/mol. The number of nitrogens with zero attached hydrogens (tertiary/aromatic N) is 2. The number of ether oxygens (including phenoxy) is 2. The third-order valence-electron chi connectivity index (χ3n) is 3.34. The van der Waals surface area contributed by atoms with E-state index in [1.807, 2.05) is 20.8 Å². The number of thiazole rings is 1. The van der Waals surface area contributed by atoms with Crippen LogP contribution in [0.5, 0.6) is 0 Å². The Balaban J connectivity index is 1.85. The summed E-state index contributed by atoms with van der Waals surface area (Å²) in [6.07, 6.45) is 4.55. The van der Waals surface area contributed by atoms with Gasteiger partial charge in [-0.1, -0.05) is 11.6 Å². The number of halogens is 1. The molecule has 22 heavy (non-hydrogen) atoms. The van der Waals surface area contributed by atoms with Gasteiger partial charge >= 0.3 is 6.09 Å². The van der Waals surface area contributed by atoms with Crippen molar-refractivity contribution in [3.8, 4) is 0 Å². The lowest BCUT2D eigenvalue weighted by atomic mass is 10.0. The molecule has 1 aliphatic rings. The van der Waals surface area contributed by atoms with Gasteiger partial charge in [-0.2, -0.15) is 0 Å². The summed E-state index contributed by atoms with van der Waals surface area (Å²) < 4.78 is 11.7. The molecule has 1 aromatic heterocycles. The van der Waals surface area contributed by atoms with Crippen molar-refractivity contribution in [1.29, 1.82) is 0 Å². The van der Waals surface area contributed by atoms with Crippen LogP contribution in [0.4, 0.5) is 4.79 Å². The fourth-order valence-electron chi connectivity index (χ4n) is 2.38. The van der Waals surface area contributed by atoms with Crippen molar-refractivity contribution in [3.05, 3.63) is 15.5 Å². The molecule has 1 saturated heterocycles. The summed E-state index contributed by atoms with van der Waals surface area (Å²) in [5.41, 5.74) is -0.473. The summed E-state index contributed by atoms with van der Waals surface area (Å²) in [6.45, 7) is 7.36. The van der Waals surface area contributed by atoms with Crippen molar-refractivity contribution in [2.45, 2.75) is 58.3 Å². The predicted octanol–water partition coefficient (Wildman–Crippen LogP) is 4.10. The topological polar surface area (TPSA) is 51.7 Å². The Hall–Kier alpha value is -0.850. The molecule has 1 amide bonds. The highest BCUT2D eigenvalue weighted by Gasteiger charge is 2.30. The van der Waals surface area contributed by atoms with Crippen LogP contribution in [0.3, 0.4) is 0 Å². The molecule has 2 rings (SSSR count). The van der Waals surface area contributed by atoms with E-state index in [4.69, 9.17) is 21.1 Å². The summed E-state index contributed by atoms with van der Waals surface area (Å²) >= 11 is 7.21. The van der Waals surface area contributed by atoms with Crippen LogP contribution >= 0.6 is 22.9 Å². The maximum atomic E-state index is 12.3. The lowest BCUT2D eigenvalue weighted by Crippen LogP contribution is -2.48. The molecular formula is C15H23ClN2O3S. The molecule has 0 aliphatic carbocycles. The number of aromatic nitrogens is 1. The van der Waals surface area contributed by atoms with E-state index in [0.29, 0.717) is 17.7 Å². The standard InChI is InChI=1S/C15H23ClN2O3S/c1-15(2,3)21-14(19)18-7-5-4-6-11(18)9-20-10-12-8-17-13(16)22-12/h8,11H,4-7,9-10H2,1-3H3. The van der Waals surface area contributed by atoms with E-state index < -0.39 is 5.60 Å². The fourth-order valence-corrected chi connectivity index (χ4v) is 3.30. The third kappa shape index (κ3) is 5.41. The van der Waals surface area contributed by atoms with Gasteiger partial charge in [-0.25, -0.2) is 9.78 Å². The zero-order valence-electron chi connectivity index (χ0n) is 13.3. The molecule has 1 aromatic rings. The molecule has 1 unspecified atom stereocenters. The smallest absolute Gasteiger partial charge is 0.410 e. The minimum atomic E-state index is -0.473. The minimum Gasteiger partial charge on any atom is -0.444 e. The second-order valence-electron chi connectivity index (χ2n) is 6.42. The van der Waals surface area contributed by atoms with Crippen molar-refractivity contribution < 1.29 is 14.3 Å². The monoisotopic (exact) mass is 346 g/mol. The number of hydrogen-bond acceptors (Lipinski definition) is 5. The van der Waals surface area contributed by atoms with Gasteiger partial charge in [0.15, 0.2) is 4.47 Å². The summed E-state index contributed by atoms with van der Waals surface area (Å²) in [5, 5.41) is 0. The molecule has 5 nitrogen and oxygen atoms in total. The Morgan fingerprint density at radius 1 is 1.50 bits per heavy atom. The number of carbonyl (C=O) groups is 1. The largest absolute Gasteiger partial charge is 0.444 e. The van der Waals surface area contributed by atoms with Crippen molar-refractivity contribution >= 4 is 29.0 Å². The molecule has 0 spiro atoms. The van der Waals surface area contributed by atoms with E-state index in [1.165, 1.54) is 11.3 Å². The van der Waals surface area contributed by atoms with E-state index in [2.05, 4.69) is 4.98 Å². The number of hydrogen-bond donors (Lipinski definition) is 0. The third-order valence-corrected chi connectivity index (χ3v) is 4.42. The van der Waals surface area contributed by atoms with Gasteiger partial charge in [0, 0.05) is 12.7 Å². The minimum absolute atomic E-state index is 0.0759. The lowest BCUT2D eigenvalue weighted by Gasteiger charge is -2.36.